The Balaban J connectivity index is 2.32. The molecule has 186 valence electrons. The second kappa shape index (κ2) is 11.5. The van der Waals surface area contributed by atoms with Gasteiger partial charge in [0.2, 0.25) is 0 Å². The Hall–Kier alpha value is -1.12. The van der Waals surface area contributed by atoms with Crippen molar-refractivity contribution in [2.45, 2.75) is 70.8 Å². The minimum atomic E-state index is -1.33. The third kappa shape index (κ3) is 8.25. The maximum Gasteiger partial charge on any atom is 0.410 e. The molecule has 1 N–H and O–H groups in total. The van der Waals surface area contributed by atoms with Crippen LogP contribution in [-0.2, 0) is 16.1 Å². The zero-order chi connectivity index (χ0) is 25.0. The molecule has 1 aromatic carbocycles. The van der Waals surface area contributed by atoms with E-state index in [0.29, 0.717) is 48.3 Å². The molecule has 0 aromatic heterocycles. The Morgan fingerprint density at radius 3 is 2.33 bits per heavy atom. The number of carbonyl (C=O) groups is 1. The van der Waals surface area contributed by atoms with Crippen LogP contribution in [0.5, 0.6) is 5.75 Å². The predicted octanol–water partition coefficient (Wildman–Crippen LogP) is 6.30. The van der Waals surface area contributed by atoms with Crippen molar-refractivity contribution in [3.63, 3.8) is 0 Å². The molecule has 6 nitrogen and oxygen atoms in total. The van der Waals surface area contributed by atoms with Crippen LogP contribution in [-0.4, -0.2) is 45.6 Å². The first-order chi connectivity index (χ1) is 15.2. The van der Waals surface area contributed by atoms with E-state index in [2.05, 4.69) is 11.3 Å². The Bertz CT molecular complexity index is 831. The van der Waals surface area contributed by atoms with Gasteiger partial charge in [-0.25, -0.2) is 4.79 Å². The van der Waals surface area contributed by atoms with Crippen LogP contribution in [0.25, 0.3) is 0 Å². The summed E-state index contributed by atoms with van der Waals surface area (Å²) in [6.45, 7) is 16.4. The molecule has 1 heterocycles. The summed E-state index contributed by atoms with van der Waals surface area (Å²) in [4.78, 5) is 14.2. The van der Waals surface area contributed by atoms with Gasteiger partial charge < -0.3 is 18.9 Å². The molecule has 1 aliphatic heterocycles. The number of carbonyl (C=O) groups excluding carboxylic acids is 1. The fraction of sp³-hybridized carbons (Fsp3) is 0.625. The van der Waals surface area contributed by atoms with Gasteiger partial charge in [0.25, 0.3) is 0 Å². The zero-order valence-electron chi connectivity index (χ0n) is 20.4. The zero-order valence-corrected chi connectivity index (χ0v) is 22.7. The van der Waals surface area contributed by atoms with Crippen molar-refractivity contribution < 1.29 is 18.8 Å². The van der Waals surface area contributed by atoms with Crippen LogP contribution < -0.4 is 9.46 Å². The van der Waals surface area contributed by atoms with Gasteiger partial charge in [0.15, 0.2) is 0 Å². The molecule has 1 fully saturated rings. The van der Waals surface area contributed by atoms with E-state index in [1.54, 1.807) is 23.1 Å². The van der Waals surface area contributed by atoms with Crippen molar-refractivity contribution in [1.82, 2.24) is 9.62 Å². The predicted molar refractivity (Wildman–Crippen MR) is 136 cm³/mol. The van der Waals surface area contributed by atoms with E-state index in [-0.39, 0.29) is 18.1 Å². The van der Waals surface area contributed by atoms with E-state index < -0.39 is 21.7 Å². The molecule has 0 radical (unpaired) electrons. The fourth-order valence-corrected chi connectivity index (χ4v) is 4.74. The molecular weight excluding hydrogens is 483 g/mol. The van der Waals surface area contributed by atoms with Crippen molar-refractivity contribution in [1.29, 1.82) is 0 Å². The van der Waals surface area contributed by atoms with Gasteiger partial charge in [-0.3, -0.25) is 0 Å². The maximum absolute atomic E-state index is 13.1. The molecule has 33 heavy (non-hydrogen) atoms. The summed E-state index contributed by atoms with van der Waals surface area (Å²) < 4.78 is 27.4. The first kappa shape index (κ1) is 28.1. The molecule has 1 amide bonds. The lowest BCUT2D eigenvalue weighted by molar-refractivity contribution is 0.0171. The Kier molecular flexibility index (Phi) is 9.83. The summed E-state index contributed by atoms with van der Waals surface area (Å²) in [6, 6.07) is 3.16. The van der Waals surface area contributed by atoms with Crippen molar-refractivity contribution in [2.75, 3.05) is 19.7 Å². The van der Waals surface area contributed by atoms with Gasteiger partial charge in [-0.15, -0.1) is 4.72 Å². The Morgan fingerprint density at radius 2 is 1.82 bits per heavy atom. The number of halogens is 2. The van der Waals surface area contributed by atoms with Crippen LogP contribution in [0.3, 0.4) is 0 Å². The van der Waals surface area contributed by atoms with Gasteiger partial charge in [-0.1, -0.05) is 35.9 Å². The van der Waals surface area contributed by atoms with Crippen LogP contribution in [0.4, 0.5) is 4.79 Å². The molecular formula is C24H36Cl2N2O4S. The number of piperidine rings is 1. The molecule has 1 aromatic rings. The standard InChI is InChI=1S/C24H36Cl2N2O4S/c1-8-13-31-20-15-19(26)18(25)14-17(20)21(27-33(30)24(5,6)7)16-9-11-28(12-10-16)22(29)32-23(2,3)4/h8,14-16,21,27H,1,9-13H2,2-7H3. The van der Waals surface area contributed by atoms with Gasteiger partial charge in [0.05, 0.1) is 16.1 Å². The SMILES string of the molecule is C=CCOc1cc(Cl)c(Cl)cc1C(N[S+]([O-])C(C)(C)C)C1CCN(C(=O)OC(C)(C)C)CC1. The number of likely N-dealkylation sites (tertiary alicyclic amines) is 1. The molecule has 9 heteroatoms. The molecule has 1 saturated heterocycles. The van der Waals surface area contributed by atoms with Crippen molar-refractivity contribution in [3.8, 4) is 5.75 Å². The highest BCUT2D eigenvalue weighted by molar-refractivity contribution is 7.90. The lowest BCUT2D eigenvalue weighted by atomic mass is 9.85. The molecule has 0 aliphatic carbocycles. The monoisotopic (exact) mass is 518 g/mol. The number of amides is 1. The molecule has 1 aliphatic rings. The van der Waals surface area contributed by atoms with Crippen molar-refractivity contribution in [2.24, 2.45) is 5.92 Å². The fourth-order valence-electron chi connectivity index (χ4n) is 3.51. The number of benzene rings is 1. The topological polar surface area (TPSA) is 73.9 Å². The highest BCUT2D eigenvalue weighted by Crippen LogP contribution is 2.41. The summed E-state index contributed by atoms with van der Waals surface area (Å²) in [5.74, 6) is 0.667. The van der Waals surface area contributed by atoms with Gasteiger partial charge >= 0.3 is 6.09 Å². The normalized spacial score (nSPS) is 17.4. The van der Waals surface area contributed by atoms with E-state index in [0.717, 1.165) is 5.56 Å². The number of nitrogens with one attached hydrogen (secondary N) is 1. The van der Waals surface area contributed by atoms with Gasteiger partial charge in [0, 0.05) is 36.1 Å². The molecule has 2 unspecified atom stereocenters. The van der Waals surface area contributed by atoms with Crippen LogP contribution in [0.1, 0.15) is 66.0 Å². The van der Waals surface area contributed by atoms with Gasteiger partial charge in [-0.2, -0.15) is 0 Å². The summed E-state index contributed by atoms with van der Waals surface area (Å²) in [7, 11) is 0. The Morgan fingerprint density at radius 1 is 1.24 bits per heavy atom. The van der Waals surface area contributed by atoms with E-state index in [4.69, 9.17) is 32.7 Å². The van der Waals surface area contributed by atoms with E-state index in [9.17, 15) is 9.35 Å². The highest BCUT2D eigenvalue weighted by Gasteiger charge is 2.38. The lowest BCUT2D eigenvalue weighted by Crippen LogP contribution is -2.47. The van der Waals surface area contributed by atoms with E-state index >= 15 is 0 Å². The smallest absolute Gasteiger partial charge is 0.410 e. The first-order valence-electron chi connectivity index (χ1n) is 11.1. The highest BCUT2D eigenvalue weighted by atomic mass is 35.5. The molecule has 0 bridgehead atoms. The molecule has 2 atom stereocenters. The summed E-state index contributed by atoms with van der Waals surface area (Å²) in [6.07, 6.45) is 2.76. The number of hydrogen-bond acceptors (Lipinski definition) is 5. The molecule has 0 saturated carbocycles. The van der Waals surface area contributed by atoms with Crippen LogP contribution >= 0.6 is 23.2 Å². The minimum Gasteiger partial charge on any atom is -0.598 e. The quantitative estimate of drug-likeness (QED) is 0.338. The maximum atomic E-state index is 13.1. The number of ether oxygens (including phenoxy) is 2. The Labute approximate surface area is 211 Å². The van der Waals surface area contributed by atoms with E-state index in [1.165, 1.54) is 0 Å². The second-order valence-electron chi connectivity index (χ2n) is 10.2. The third-order valence-corrected chi connectivity index (χ3v) is 7.50. The second-order valence-corrected chi connectivity index (χ2v) is 13.0. The summed E-state index contributed by atoms with van der Waals surface area (Å²) in [5, 5.41) is 0.784. The van der Waals surface area contributed by atoms with Crippen molar-refractivity contribution in [3.05, 3.63) is 40.4 Å². The molecule has 2 rings (SSSR count). The van der Waals surface area contributed by atoms with Crippen LogP contribution in [0.15, 0.2) is 24.8 Å². The largest absolute Gasteiger partial charge is 0.598 e. The van der Waals surface area contributed by atoms with Crippen LogP contribution in [0.2, 0.25) is 10.0 Å². The number of rotatable bonds is 7. The summed E-state index contributed by atoms with van der Waals surface area (Å²) in [5.41, 5.74) is 0.249. The number of hydrogen-bond donors (Lipinski definition) is 1. The third-order valence-electron chi connectivity index (χ3n) is 5.20. The first-order valence-corrected chi connectivity index (χ1v) is 13.0. The van der Waals surface area contributed by atoms with Gasteiger partial charge in [-0.05, 0) is 66.4 Å². The van der Waals surface area contributed by atoms with Crippen LogP contribution in [0, 0.1) is 5.92 Å². The average Bonchev–Trinajstić information content (AvgIpc) is 2.70. The minimum absolute atomic E-state index is 0.0957. The average molecular weight is 520 g/mol. The van der Waals surface area contributed by atoms with Gasteiger partial charge in [0.1, 0.15) is 22.7 Å². The molecule has 0 spiro atoms. The lowest BCUT2D eigenvalue weighted by Gasteiger charge is -2.38. The van der Waals surface area contributed by atoms with E-state index in [1.807, 2.05) is 41.5 Å². The summed E-state index contributed by atoms with van der Waals surface area (Å²) >= 11 is 11.3. The van der Waals surface area contributed by atoms with Crippen molar-refractivity contribution >= 4 is 40.7 Å². The number of nitrogens with zero attached hydrogens (tertiary/aromatic N) is 1.